The van der Waals surface area contributed by atoms with Crippen molar-refractivity contribution in [3.05, 3.63) is 47.2 Å². The molecule has 0 saturated carbocycles. The largest absolute Gasteiger partial charge is 0.463 e. The molecule has 100 valence electrons. The van der Waals surface area contributed by atoms with E-state index in [1.807, 2.05) is 31.5 Å². The fourth-order valence-electron chi connectivity index (χ4n) is 1.77. The Morgan fingerprint density at radius 3 is 2.89 bits per heavy atom. The molecule has 0 aliphatic heterocycles. The van der Waals surface area contributed by atoms with E-state index in [1.165, 1.54) is 6.21 Å². The van der Waals surface area contributed by atoms with Crippen LogP contribution in [0.25, 0.3) is 0 Å². The molecule has 2 aromatic rings. The fraction of sp³-hybridized carbons (Fsp3) is 0.286. The summed E-state index contributed by atoms with van der Waals surface area (Å²) in [6.45, 7) is 3.79. The number of furan rings is 1. The summed E-state index contributed by atoms with van der Waals surface area (Å²) in [6, 6.07) is 5.36. The van der Waals surface area contributed by atoms with E-state index in [1.54, 1.807) is 18.4 Å². The first kappa shape index (κ1) is 13.1. The molecule has 0 saturated heterocycles. The molecule has 0 N–H and O–H groups in total. The molecular formula is C14H16N2O3. The van der Waals surface area contributed by atoms with Gasteiger partial charge in [-0.2, -0.15) is 0 Å². The van der Waals surface area contributed by atoms with E-state index >= 15 is 0 Å². The fourth-order valence-corrected chi connectivity index (χ4v) is 1.77. The van der Waals surface area contributed by atoms with E-state index in [9.17, 15) is 4.79 Å². The standard InChI is InChI=1S/C14H16N2O3/c1-10-7-13(11(2)16(10)3)14(17)9-19-15-8-12-5-4-6-18-12/h4-8H,9H2,1-3H3/b15-8+. The first-order chi connectivity index (χ1) is 9.09. The number of aromatic nitrogens is 1. The minimum Gasteiger partial charge on any atom is -0.463 e. The first-order valence-corrected chi connectivity index (χ1v) is 5.94. The van der Waals surface area contributed by atoms with Gasteiger partial charge in [0, 0.05) is 24.0 Å². The van der Waals surface area contributed by atoms with Crippen molar-refractivity contribution in [2.45, 2.75) is 13.8 Å². The van der Waals surface area contributed by atoms with Crippen molar-refractivity contribution < 1.29 is 14.0 Å². The Morgan fingerprint density at radius 2 is 2.32 bits per heavy atom. The maximum absolute atomic E-state index is 12.0. The van der Waals surface area contributed by atoms with Gasteiger partial charge in [-0.3, -0.25) is 4.79 Å². The molecule has 19 heavy (non-hydrogen) atoms. The predicted octanol–water partition coefficient (Wildman–Crippen LogP) is 2.47. The van der Waals surface area contributed by atoms with Gasteiger partial charge in [-0.05, 0) is 32.0 Å². The summed E-state index contributed by atoms with van der Waals surface area (Å²) in [5.41, 5.74) is 2.65. The van der Waals surface area contributed by atoms with Crippen LogP contribution in [0.5, 0.6) is 0 Å². The summed E-state index contributed by atoms with van der Waals surface area (Å²) in [4.78, 5) is 16.9. The second kappa shape index (κ2) is 5.56. The van der Waals surface area contributed by atoms with Crippen LogP contribution in [0.4, 0.5) is 0 Å². The Labute approximate surface area is 111 Å². The second-order valence-electron chi connectivity index (χ2n) is 4.29. The molecule has 5 heteroatoms. The Morgan fingerprint density at radius 1 is 1.53 bits per heavy atom. The van der Waals surface area contributed by atoms with Gasteiger partial charge in [-0.15, -0.1) is 0 Å². The summed E-state index contributed by atoms with van der Waals surface area (Å²) in [5, 5.41) is 3.69. The molecule has 0 atom stereocenters. The summed E-state index contributed by atoms with van der Waals surface area (Å²) in [7, 11) is 1.93. The van der Waals surface area contributed by atoms with Gasteiger partial charge in [0.25, 0.3) is 0 Å². The minimum absolute atomic E-state index is 0.0818. The van der Waals surface area contributed by atoms with Gasteiger partial charge in [-0.1, -0.05) is 5.16 Å². The lowest BCUT2D eigenvalue weighted by Crippen LogP contribution is -2.08. The number of carbonyl (C=O) groups excluding carboxylic acids is 1. The van der Waals surface area contributed by atoms with Crippen molar-refractivity contribution >= 4 is 12.0 Å². The van der Waals surface area contributed by atoms with Crippen molar-refractivity contribution in [3.8, 4) is 0 Å². The van der Waals surface area contributed by atoms with Crippen LogP contribution in [-0.2, 0) is 11.9 Å². The lowest BCUT2D eigenvalue weighted by atomic mass is 10.2. The molecule has 0 radical (unpaired) electrons. The van der Waals surface area contributed by atoms with E-state index in [0.717, 1.165) is 11.4 Å². The van der Waals surface area contributed by atoms with Crippen LogP contribution in [0, 0.1) is 13.8 Å². The second-order valence-corrected chi connectivity index (χ2v) is 4.29. The molecule has 0 aromatic carbocycles. The first-order valence-electron chi connectivity index (χ1n) is 5.94. The lowest BCUT2D eigenvalue weighted by molar-refractivity contribution is 0.0777. The highest BCUT2D eigenvalue weighted by molar-refractivity contribution is 5.98. The van der Waals surface area contributed by atoms with Crippen LogP contribution in [0.1, 0.15) is 27.5 Å². The van der Waals surface area contributed by atoms with Crippen LogP contribution >= 0.6 is 0 Å². The van der Waals surface area contributed by atoms with Crippen LogP contribution < -0.4 is 0 Å². The van der Waals surface area contributed by atoms with Gasteiger partial charge in [0.1, 0.15) is 12.0 Å². The maximum Gasteiger partial charge on any atom is 0.204 e. The molecule has 0 unspecified atom stereocenters. The number of carbonyl (C=O) groups is 1. The van der Waals surface area contributed by atoms with E-state index in [2.05, 4.69) is 5.16 Å². The van der Waals surface area contributed by atoms with E-state index in [-0.39, 0.29) is 12.4 Å². The molecule has 0 fully saturated rings. The maximum atomic E-state index is 12.0. The summed E-state index contributed by atoms with van der Waals surface area (Å²) in [6.07, 6.45) is 2.97. The summed E-state index contributed by atoms with van der Waals surface area (Å²) < 4.78 is 7.02. The average Bonchev–Trinajstić information content (AvgIpc) is 2.99. The molecular weight excluding hydrogens is 244 g/mol. The Balaban J connectivity index is 1.93. The molecule has 0 aliphatic carbocycles. The van der Waals surface area contributed by atoms with Crippen molar-refractivity contribution in [1.29, 1.82) is 0 Å². The number of rotatable bonds is 5. The third-order valence-corrected chi connectivity index (χ3v) is 3.07. The molecule has 2 heterocycles. The topological polar surface area (TPSA) is 56.7 Å². The number of aryl methyl sites for hydroxylation is 1. The number of hydrogen-bond donors (Lipinski definition) is 0. The summed E-state index contributed by atoms with van der Waals surface area (Å²) >= 11 is 0. The van der Waals surface area contributed by atoms with E-state index in [4.69, 9.17) is 9.25 Å². The number of nitrogens with zero attached hydrogens (tertiary/aromatic N) is 2. The quantitative estimate of drug-likeness (QED) is 0.471. The zero-order valence-electron chi connectivity index (χ0n) is 11.2. The van der Waals surface area contributed by atoms with E-state index in [0.29, 0.717) is 11.3 Å². The zero-order valence-corrected chi connectivity index (χ0v) is 11.2. The number of hydrogen-bond acceptors (Lipinski definition) is 4. The van der Waals surface area contributed by atoms with Crippen molar-refractivity contribution in [1.82, 2.24) is 4.57 Å². The Kier molecular flexibility index (Phi) is 3.85. The number of Topliss-reactive ketones (excluding diaryl/α,β-unsaturated/α-hetero) is 1. The zero-order chi connectivity index (χ0) is 13.8. The number of ketones is 1. The van der Waals surface area contributed by atoms with Crippen LogP contribution in [0.2, 0.25) is 0 Å². The van der Waals surface area contributed by atoms with Crippen molar-refractivity contribution in [3.63, 3.8) is 0 Å². The molecule has 0 spiro atoms. The predicted molar refractivity (Wildman–Crippen MR) is 71.5 cm³/mol. The summed E-state index contributed by atoms with van der Waals surface area (Å²) in [5.74, 6) is 0.497. The molecule has 2 rings (SSSR count). The normalized spacial score (nSPS) is 11.1. The van der Waals surface area contributed by atoms with Gasteiger partial charge >= 0.3 is 0 Å². The Bertz CT molecular complexity index is 594. The SMILES string of the molecule is Cc1cc(C(=O)CO/N=C/c2ccco2)c(C)n1C. The highest BCUT2D eigenvalue weighted by atomic mass is 16.6. The molecule has 0 aliphatic rings. The van der Waals surface area contributed by atoms with Crippen molar-refractivity contribution in [2.24, 2.45) is 12.2 Å². The van der Waals surface area contributed by atoms with Gasteiger partial charge in [0.2, 0.25) is 5.78 Å². The van der Waals surface area contributed by atoms with Crippen LogP contribution in [-0.4, -0.2) is 23.2 Å². The molecule has 5 nitrogen and oxygen atoms in total. The lowest BCUT2D eigenvalue weighted by Gasteiger charge is -2.01. The van der Waals surface area contributed by atoms with Gasteiger partial charge in [0.05, 0.1) is 6.26 Å². The Hall–Kier alpha value is -2.30. The van der Waals surface area contributed by atoms with E-state index < -0.39 is 0 Å². The highest BCUT2D eigenvalue weighted by Crippen LogP contribution is 2.13. The van der Waals surface area contributed by atoms with Gasteiger partial charge in [0.15, 0.2) is 6.61 Å². The monoisotopic (exact) mass is 260 g/mol. The highest BCUT2D eigenvalue weighted by Gasteiger charge is 2.14. The minimum atomic E-state index is -0.0854. The third-order valence-electron chi connectivity index (χ3n) is 3.07. The van der Waals surface area contributed by atoms with Crippen LogP contribution in [0.3, 0.4) is 0 Å². The smallest absolute Gasteiger partial charge is 0.204 e. The third kappa shape index (κ3) is 2.93. The molecule has 0 bridgehead atoms. The van der Waals surface area contributed by atoms with Gasteiger partial charge < -0.3 is 13.8 Å². The molecule has 0 amide bonds. The average molecular weight is 260 g/mol. The van der Waals surface area contributed by atoms with Crippen molar-refractivity contribution in [2.75, 3.05) is 6.61 Å². The molecule has 2 aromatic heterocycles. The van der Waals surface area contributed by atoms with Gasteiger partial charge in [-0.25, -0.2) is 0 Å². The number of oxime groups is 1. The van der Waals surface area contributed by atoms with Crippen LogP contribution in [0.15, 0.2) is 34.0 Å².